The molecule has 1 aromatic heterocycles. The lowest BCUT2D eigenvalue weighted by molar-refractivity contribution is 0.286. The molecule has 0 unspecified atom stereocenters. The number of ether oxygens (including phenoxy) is 1. The van der Waals surface area contributed by atoms with E-state index in [2.05, 4.69) is 17.0 Å². The molecule has 0 fully saturated rings. The number of benzene rings is 1. The van der Waals surface area contributed by atoms with Gasteiger partial charge in [0.1, 0.15) is 18.7 Å². The van der Waals surface area contributed by atoms with E-state index in [-0.39, 0.29) is 0 Å². The molecule has 2 N–H and O–H groups in total. The number of aryl methyl sites for hydroxylation is 1. The topological polar surface area (TPSA) is 66.0 Å². The Kier molecular flexibility index (Phi) is 4.04. The molecular formula is C12H15ClN4O. The molecule has 0 aliphatic carbocycles. The summed E-state index contributed by atoms with van der Waals surface area (Å²) < 4.78 is 7.44. The lowest BCUT2D eigenvalue weighted by atomic mass is 10.3. The molecule has 0 radical (unpaired) electrons. The van der Waals surface area contributed by atoms with Crippen molar-refractivity contribution in [1.29, 1.82) is 0 Å². The monoisotopic (exact) mass is 266 g/mol. The molecule has 0 bridgehead atoms. The Hall–Kier alpha value is -1.75. The first-order valence-corrected chi connectivity index (χ1v) is 6.13. The first-order valence-electron chi connectivity index (χ1n) is 5.75. The minimum absolute atomic E-state index is 0.337. The summed E-state index contributed by atoms with van der Waals surface area (Å²) in [5, 5.41) is 4.62. The van der Waals surface area contributed by atoms with Crippen LogP contribution in [0.2, 0.25) is 5.02 Å². The highest BCUT2D eigenvalue weighted by molar-refractivity contribution is 6.32. The van der Waals surface area contributed by atoms with E-state index in [9.17, 15) is 0 Å². The Labute approximate surface area is 111 Å². The molecule has 18 heavy (non-hydrogen) atoms. The van der Waals surface area contributed by atoms with Crippen molar-refractivity contribution in [1.82, 2.24) is 14.8 Å². The van der Waals surface area contributed by atoms with E-state index in [1.807, 2.05) is 4.68 Å². The van der Waals surface area contributed by atoms with E-state index >= 15 is 0 Å². The summed E-state index contributed by atoms with van der Waals surface area (Å²) in [5.74, 6) is 1.38. The number of halogens is 1. The van der Waals surface area contributed by atoms with E-state index in [1.54, 1.807) is 18.2 Å². The Morgan fingerprint density at radius 3 is 3.00 bits per heavy atom. The summed E-state index contributed by atoms with van der Waals surface area (Å²) in [6.45, 7) is 3.25. The maximum atomic E-state index is 6.02. The number of nitrogens with two attached hydrogens (primary N) is 1. The first kappa shape index (κ1) is 12.7. The van der Waals surface area contributed by atoms with E-state index in [4.69, 9.17) is 22.1 Å². The summed E-state index contributed by atoms with van der Waals surface area (Å²) >= 11 is 6.02. The van der Waals surface area contributed by atoms with Crippen LogP contribution in [-0.2, 0) is 13.2 Å². The number of hydrogen-bond acceptors (Lipinski definition) is 4. The van der Waals surface area contributed by atoms with Gasteiger partial charge >= 0.3 is 0 Å². The first-order chi connectivity index (χ1) is 8.70. The van der Waals surface area contributed by atoms with Crippen molar-refractivity contribution in [3.05, 3.63) is 35.4 Å². The molecule has 0 atom stereocenters. The lowest BCUT2D eigenvalue weighted by Gasteiger charge is -2.09. The number of hydrogen-bond donors (Lipinski definition) is 1. The molecule has 2 rings (SSSR count). The van der Waals surface area contributed by atoms with Crippen LogP contribution in [0.1, 0.15) is 19.2 Å². The van der Waals surface area contributed by atoms with Crippen molar-refractivity contribution in [3.8, 4) is 5.75 Å². The van der Waals surface area contributed by atoms with Crippen LogP contribution in [0.5, 0.6) is 5.75 Å². The van der Waals surface area contributed by atoms with Gasteiger partial charge in [0.15, 0.2) is 5.82 Å². The summed E-state index contributed by atoms with van der Waals surface area (Å²) in [4.78, 5) is 4.16. The zero-order valence-electron chi connectivity index (χ0n) is 10.1. The van der Waals surface area contributed by atoms with Crippen molar-refractivity contribution >= 4 is 17.3 Å². The van der Waals surface area contributed by atoms with Gasteiger partial charge in [0.2, 0.25) is 0 Å². The molecule has 96 valence electrons. The van der Waals surface area contributed by atoms with Crippen molar-refractivity contribution in [3.63, 3.8) is 0 Å². The van der Waals surface area contributed by atoms with E-state index in [1.165, 1.54) is 6.33 Å². The molecule has 2 aromatic rings. The Morgan fingerprint density at radius 2 is 2.28 bits per heavy atom. The standard InChI is InChI=1S/C12H15ClN4O/c1-2-5-17-12(15-8-16-17)7-18-11-4-3-9(14)6-10(11)13/h3-4,6,8H,2,5,7,14H2,1H3. The van der Waals surface area contributed by atoms with Crippen LogP contribution in [0, 0.1) is 0 Å². The predicted octanol–water partition coefficient (Wildman–Crippen LogP) is 2.50. The molecule has 6 heteroatoms. The van der Waals surface area contributed by atoms with E-state index in [0.717, 1.165) is 18.8 Å². The summed E-state index contributed by atoms with van der Waals surface area (Å²) in [7, 11) is 0. The summed E-state index contributed by atoms with van der Waals surface area (Å²) in [5.41, 5.74) is 6.23. The molecular weight excluding hydrogens is 252 g/mol. The van der Waals surface area contributed by atoms with Gasteiger partial charge in [0, 0.05) is 12.2 Å². The minimum Gasteiger partial charge on any atom is -0.484 e. The normalized spacial score (nSPS) is 10.6. The second kappa shape index (κ2) is 5.73. The highest BCUT2D eigenvalue weighted by Gasteiger charge is 2.06. The van der Waals surface area contributed by atoms with Gasteiger partial charge in [-0.15, -0.1) is 0 Å². The molecule has 0 aliphatic heterocycles. The van der Waals surface area contributed by atoms with Crippen LogP contribution in [0.25, 0.3) is 0 Å². The molecule has 5 nitrogen and oxygen atoms in total. The van der Waals surface area contributed by atoms with Crippen LogP contribution in [-0.4, -0.2) is 14.8 Å². The van der Waals surface area contributed by atoms with E-state index in [0.29, 0.717) is 23.1 Å². The third-order valence-electron chi connectivity index (χ3n) is 2.44. The smallest absolute Gasteiger partial charge is 0.164 e. The van der Waals surface area contributed by atoms with Gasteiger partial charge in [-0.05, 0) is 24.6 Å². The van der Waals surface area contributed by atoms with Gasteiger partial charge in [0.05, 0.1) is 5.02 Å². The summed E-state index contributed by atoms with van der Waals surface area (Å²) in [6, 6.07) is 5.16. The highest BCUT2D eigenvalue weighted by Crippen LogP contribution is 2.26. The average Bonchev–Trinajstić information content (AvgIpc) is 2.76. The largest absolute Gasteiger partial charge is 0.484 e. The Morgan fingerprint density at radius 1 is 1.44 bits per heavy atom. The average molecular weight is 267 g/mol. The SMILES string of the molecule is CCCn1ncnc1COc1ccc(N)cc1Cl. The van der Waals surface area contributed by atoms with Crippen molar-refractivity contribution < 1.29 is 4.74 Å². The van der Waals surface area contributed by atoms with Crippen LogP contribution < -0.4 is 10.5 Å². The minimum atomic E-state index is 0.337. The Balaban J connectivity index is 2.04. The second-order valence-electron chi connectivity index (χ2n) is 3.88. The fourth-order valence-electron chi connectivity index (χ4n) is 1.57. The Bertz CT molecular complexity index is 527. The molecule has 1 heterocycles. The van der Waals surface area contributed by atoms with Gasteiger partial charge in [0.25, 0.3) is 0 Å². The highest BCUT2D eigenvalue weighted by atomic mass is 35.5. The third-order valence-corrected chi connectivity index (χ3v) is 2.74. The molecule has 1 aromatic carbocycles. The molecule has 0 spiro atoms. The van der Waals surface area contributed by atoms with Crippen molar-refractivity contribution in [2.75, 3.05) is 5.73 Å². The van der Waals surface area contributed by atoms with Gasteiger partial charge in [-0.1, -0.05) is 18.5 Å². The van der Waals surface area contributed by atoms with E-state index < -0.39 is 0 Å². The lowest BCUT2D eigenvalue weighted by Crippen LogP contribution is -2.08. The maximum Gasteiger partial charge on any atom is 0.164 e. The zero-order chi connectivity index (χ0) is 13.0. The molecule has 0 aliphatic rings. The molecule has 0 saturated carbocycles. The van der Waals surface area contributed by atoms with Crippen LogP contribution in [0.15, 0.2) is 24.5 Å². The number of anilines is 1. The third kappa shape index (κ3) is 2.92. The van der Waals surface area contributed by atoms with Gasteiger partial charge in [-0.2, -0.15) is 5.10 Å². The quantitative estimate of drug-likeness (QED) is 0.845. The summed E-state index contributed by atoms with van der Waals surface area (Å²) in [6.07, 6.45) is 2.53. The predicted molar refractivity (Wildman–Crippen MR) is 70.5 cm³/mol. The maximum absolute atomic E-state index is 6.02. The number of nitrogens with zero attached hydrogens (tertiary/aromatic N) is 3. The van der Waals surface area contributed by atoms with Crippen LogP contribution in [0.4, 0.5) is 5.69 Å². The van der Waals surface area contributed by atoms with Crippen molar-refractivity contribution in [2.45, 2.75) is 26.5 Å². The number of aromatic nitrogens is 3. The molecule has 0 amide bonds. The van der Waals surface area contributed by atoms with Gasteiger partial charge in [-0.3, -0.25) is 0 Å². The van der Waals surface area contributed by atoms with Crippen LogP contribution in [0.3, 0.4) is 0 Å². The molecule has 0 saturated heterocycles. The van der Waals surface area contributed by atoms with Crippen molar-refractivity contribution in [2.24, 2.45) is 0 Å². The van der Waals surface area contributed by atoms with Gasteiger partial charge < -0.3 is 10.5 Å². The fraction of sp³-hybridized carbons (Fsp3) is 0.333. The zero-order valence-corrected chi connectivity index (χ0v) is 10.9. The number of rotatable bonds is 5. The van der Waals surface area contributed by atoms with Gasteiger partial charge in [-0.25, -0.2) is 9.67 Å². The second-order valence-corrected chi connectivity index (χ2v) is 4.29. The fourth-order valence-corrected chi connectivity index (χ4v) is 1.82. The van der Waals surface area contributed by atoms with Crippen LogP contribution >= 0.6 is 11.6 Å². The number of nitrogen functional groups attached to an aromatic ring is 1.